The van der Waals surface area contributed by atoms with Crippen LogP contribution >= 0.6 is 0 Å². The highest BCUT2D eigenvalue weighted by Gasteiger charge is 2.48. The topological polar surface area (TPSA) is 40.5 Å². The Morgan fingerprint density at radius 3 is 2.09 bits per heavy atom. The molecule has 1 fully saturated rings. The van der Waals surface area contributed by atoms with Gasteiger partial charge in [-0.1, -0.05) is 0 Å². The molecule has 1 saturated carbocycles. The summed E-state index contributed by atoms with van der Waals surface area (Å²) in [6.45, 7) is 0. The van der Waals surface area contributed by atoms with Gasteiger partial charge in [0.15, 0.2) is 0 Å². The molecule has 0 aromatic heterocycles. The third kappa shape index (κ3) is 0.914. The molecule has 3 rings (SSSR count). The van der Waals surface area contributed by atoms with Gasteiger partial charge in [-0.3, -0.25) is 0 Å². The molecule has 62 valence electrons. The Labute approximate surface area is 64.3 Å². The molecule has 0 radical (unpaired) electrons. The van der Waals surface area contributed by atoms with E-state index in [-0.39, 0.29) is 0 Å². The Morgan fingerprint density at radius 2 is 1.73 bits per heavy atom. The van der Waals surface area contributed by atoms with Gasteiger partial charge < -0.3 is 10.2 Å². The summed E-state index contributed by atoms with van der Waals surface area (Å²) in [5.74, 6) is -0.544. The second-order valence-corrected chi connectivity index (χ2v) is 3.63. The van der Waals surface area contributed by atoms with E-state index in [0.29, 0.717) is 25.7 Å². The van der Waals surface area contributed by atoms with Crippen LogP contribution in [0.2, 0.25) is 0 Å². The van der Waals surface area contributed by atoms with Gasteiger partial charge in [-0.25, -0.2) is 4.39 Å². The van der Waals surface area contributed by atoms with Gasteiger partial charge in [0.05, 0.1) is 5.60 Å². The minimum absolute atomic E-state index is 0.353. The second kappa shape index (κ2) is 1.84. The van der Waals surface area contributed by atoms with E-state index < -0.39 is 17.0 Å². The molecule has 0 aromatic rings. The molecule has 11 heavy (non-hydrogen) atoms. The summed E-state index contributed by atoms with van der Waals surface area (Å²) in [6, 6.07) is 0. The first-order valence-corrected chi connectivity index (χ1v) is 3.88. The van der Waals surface area contributed by atoms with Gasteiger partial charge in [-0.05, 0) is 31.8 Å². The van der Waals surface area contributed by atoms with Crippen molar-refractivity contribution in [3.05, 3.63) is 11.9 Å². The van der Waals surface area contributed by atoms with Gasteiger partial charge in [0, 0.05) is 0 Å². The lowest BCUT2D eigenvalue weighted by Gasteiger charge is -2.44. The second-order valence-electron chi connectivity index (χ2n) is 3.63. The molecular formula is C8H11FO2. The fraction of sp³-hybridized carbons (Fsp3) is 0.750. The summed E-state index contributed by atoms with van der Waals surface area (Å²) in [5.41, 5.74) is -2.21. The maximum atomic E-state index is 13.0. The van der Waals surface area contributed by atoms with Crippen molar-refractivity contribution in [2.45, 2.75) is 36.9 Å². The number of hydrogen-bond donors (Lipinski definition) is 2. The largest absolute Gasteiger partial charge is 0.386 e. The normalized spacial score (nSPS) is 49.2. The third-order valence-electron chi connectivity index (χ3n) is 2.78. The van der Waals surface area contributed by atoms with Gasteiger partial charge in [0.25, 0.3) is 0 Å². The van der Waals surface area contributed by atoms with Crippen molar-refractivity contribution in [3.8, 4) is 0 Å². The van der Waals surface area contributed by atoms with Crippen LogP contribution in [0.15, 0.2) is 11.9 Å². The predicted octanol–water partition coefficient (Wildman–Crippen LogP) is 0.890. The van der Waals surface area contributed by atoms with Gasteiger partial charge in [0.1, 0.15) is 11.4 Å². The zero-order chi connectivity index (χ0) is 8.11. The van der Waals surface area contributed by atoms with Crippen LogP contribution in [0.25, 0.3) is 0 Å². The van der Waals surface area contributed by atoms with E-state index in [1.54, 1.807) is 0 Å². The molecule has 2 N–H and O–H groups in total. The van der Waals surface area contributed by atoms with Gasteiger partial charge >= 0.3 is 0 Å². The lowest BCUT2D eigenvalue weighted by atomic mass is 9.69. The highest BCUT2D eigenvalue weighted by Crippen LogP contribution is 2.46. The fourth-order valence-electron chi connectivity index (χ4n) is 1.85. The first kappa shape index (κ1) is 7.25. The molecule has 0 aliphatic heterocycles. The molecule has 3 aliphatic rings. The van der Waals surface area contributed by atoms with Crippen LogP contribution in [0.3, 0.4) is 0 Å². The molecule has 0 heterocycles. The summed E-state index contributed by atoms with van der Waals surface area (Å²) < 4.78 is 13.0. The summed E-state index contributed by atoms with van der Waals surface area (Å²) in [7, 11) is 0. The Kier molecular flexibility index (Phi) is 1.22. The first-order chi connectivity index (χ1) is 5.04. The van der Waals surface area contributed by atoms with E-state index in [9.17, 15) is 14.6 Å². The van der Waals surface area contributed by atoms with Crippen molar-refractivity contribution in [1.82, 2.24) is 0 Å². The average Bonchev–Trinajstić information content (AvgIpc) is 1.94. The highest BCUT2D eigenvalue weighted by atomic mass is 19.1. The maximum Gasteiger partial charge on any atom is 0.130 e. The number of rotatable bonds is 0. The number of fused-ring (bicyclic) bond motifs is 2. The summed E-state index contributed by atoms with van der Waals surface area (Å²) >= 11 is 0. The van der Waals surface area contributed by atoms with E-state index in [4.69, 9.17) is 0 Å². The Hall–Kier alpha value is -0.410. The van der Waals surface area contributed by atoms with E-state index in [2.05, 4.69) is 0 Å². The molecule has 3 aliphatic carbocycles. The number of hydrogen-bond acceptors (Lipinski definition) is 2. The predicted molar refractivity (Wildman–Crippen MR) is 37.6 cm³/mol. The van der Waals surface area contributed by atoms with E-state index >= 15 is 0 Å². The molecule has 0 aromatic carbocycles. The lowest BCUT2D eigenvalue weighted by Crippen LogP contribution is -2.47. The van der Waals surface area contributed by atoms with Crippen LogP contribution in [0, 0.1) is 0 Å². The SMILES string of the molecule is OC12C=C(F)C(O)(CC1)CC2. The fourth-order valence-corrected chi connectivity index (χ4v) is 1.85. The smallest absolute Gasteiger partial charge is 0.130 e. The quantitative estimate of drug-likeness (QED) is 0.549. The van der Waals surface area contributed by atoms with Crippen molar-refractivity contribution in [1.29, 1.82) is 0 Å². The minimum atomic E-state index is -1.25. The minimum Gasteiger partial charge on any atom is -0.386 e. The molecule has 0 saturated heterocycles. The van der Waals surface area contributed by atoms with E-state index in [1.807, 2.05) is 0 Å². The lowest BCUT2D eigenvalue weighted by molar-refractivity contribution is -0.0712. The van der Waals surface area contributed by atoms with Crippen molar-refractivity contribution in [2.24, 2.45) is 0 Å². The highest BCUT2D eigenvalue weighted by molar-refractivity contribution is 5.24. The first-order valence-electron chi connectivity index (χ1n) is 3.88. The average molecular weight is 158 g/mol. The molecule has 0 amide bonds. The number of aliphatic hydroxyl groups is 2. The molecule has 2 bridgehead atoms. The molecule has 0 unspecified atom stereocenters. The van der Waals surface area contributed by atoms with E-state index in [1.165, 1.54) is 6.08 Å². The molecule has 0 atom stereocenters. The van der Waals surface area contributed by atoms with Crippen molar-refractivity contribution in [3.63, 3.8) is 0 Å². The van der Waals surface area contributed by atoms with Crippen molar-refractivity contribution < 1.29 is 14.6 Å². The van der Waals surface area contributed by atoms with Gasteiger partial charge in [-0.2, -0.15) is 0 Å². The molecule has 0 spiro atoms. The Balaban J connectivity index is 2.41. The zero-order valence-corrected chi connectivity index (χ0v) is 6.18. The van der Waals surface area contributed by atoms with Crippen LogP contribution in [0.1, 0.15) is 25.7 Å². The van der Waals surface area contributed by atoms with Crippen LogP contribution in [0.5, 0.6) is 0 Å². The Bertz CT molecular complexity index is 214. The summed E-state index contributed by atoms with van der Waals surface area (Å²) in [5, 5.41) is 19.1. The summed E-state index contributed by atoms with van der Waals surface area (Å²) in [6.07, 6.45) is 2.84. The monoisotopic (exact) mass is 158 g/mol. The van der Waals surface area contributed by atoms with Gasteiger partial charge in [0.2, 0.25) is 0 Å². The molecule has 3 heteroatoms. The molecular weight excluding hydrogens is 147 g/mol. The van der Waals surface area contributed by atoms with Crippen LogP contribution in [0.4, 0.5) is 4.39 Å². The van der Waals surface area contributed by atoms with E-state index in [0.717, 1.165) is 0 Å². The maximum absolute atomic E-state index is 13.0. The van der Waals surface area contributed by atoms with Crippen LogP contribution < -0.4 is 0 Å². The van der Waals surface area contributed by atoms with Crippen LogP contribution in [-0.4, -0.2) is 21.4 Å². The molecule has 2 nitrogen and oxygen atoms in total. The zero-order valence-electron chi connectivity index (χ0n) is 6.18. The standard InChI is InChI=1S/C8H11FO2/c9-6-5-7(10)1-3-8(6,11)4-2-7/h5,10-11H,1-4H2. The van der Waals surface area contributed by atoms with Gasteiger partial charge in [-0.15, -0.1) is 0 Å². The van der Waals surface area contributed by atoms with Crippen molar-refractivity contribution >= 4 is 0 Å². The number of halogens is 1. The van der Waals surface area contributed by atoms with Crippen molar-refractivity contribution in [2.75, 3.05) is 0 Å². The Morgan fingerprint density at radius 1 is 1.18 bits per heavy atom. The van der Waals surface area contributed by atoms with Crippen LogP contribution in [-0.2, 0) is 0 Å². The summed E-state index contributed by atoms with van der Waals surface area (Å²) in [4.78, 5) is 0. The third-order valence-corrected chi connectivity index (χ3v) is 2.78.